The second kappa shape index (κ2) is 8.29. The van der Waals surface area contributed by atoms with Gasteiger partial charge in [0.25, 0.3) is 0 Å². The van der Waals surface area contributed by atoms with E-state index >= 15 is 0 Å². The molecule has 1 atom stereocenters. The molecule has 0 amide bonds. The highest BCUT2D eigenvalue weighted by Gasteiger charge is 2.23. The summed E-state index contributed by atoms with van der Waals surface area (Å²) in [5.74, 6) is 0.193. The predicted octanol–water partition coefficient (Wildman–Crippen LogP) is -0.460. The summed E-state index contributed by atoms with van der Waals surface area (Å²) >= 11 is 0. The van der Waals surface area contributed by atoms with Crippen LogP contribution >= 0.6 is 0 Å². The average Bonchev–Trinajstić information content (AvgIpc) is 2.36. The zero-order valence-corrected chi connectivity index (χ0v) is 14.0. The summed E-state index contributed by atoms with van der Waals surface area (Å²) in [4.78, 5) is 4.47. The van der Waals surface area contributed by atoms with E-state index < -0.39 is 10.0 Å². The van der Waals surface area contributed by atoms with Crippen molar-refractivity contribution in [2.24, 2.45) is 0 Å². The first-order chi connectivity index (χ1) is 9.30. The van der Waals surface area contributed by atoms with Crippen LogP contribution in [0, 0.1) is 0 Å². The van der Waals surface area contributed by atoms with E-state index in [0.717, 1.165) is 26.2 Å². The molecule has 1 aliphatic rings. The molecule has 1 unspecified atom stereocenters. The largest absolute Gasteiger partial charge is 0.314 e. The van der Waals surface area contributed by atoms with Crippen molar-refractivity contribution in [2.45, 2.75) is 32.4 Å². The van der Waals surface area contributed by atoms with Crippen LogP contribution in [0.25, 0.3) is 0 Å². The molecule has 0 aliphatic carbocycles. The van der Waals surface area contributed by atoms with Gasteiger partial charge >= 0.3 is 0 Å². The molecule has 0 aromatic carbocycles. The van der Waals surface area contributed by atoms with Crippen molar-refractivity contribution in [1.29, 1.82) is 0 Å². The van der Waals surface area contributed by atoms with Crippen LogP contribution in [0.4, 0.5) is 0 Å². The molecule has 2 N–H and O–H groups in total. The van der Waals surface area contributed by atoms with Gasteiger partial charge in [-0.25, -0.2) is 13.1 Å². The van der Waals surface area contributed by atoms with Gasteiger partial charge < -0.3 is 10.2 Å². The zero-order chi connectivity index (χ0) is 15.2. The molecule has 0 saturated carbocycles. The van der Waals surface area contributed by atoms with Crippen molar-refractivity contribution in [1.82, 2.24) is 19.8 Å². The number of sulfonamides is 1. The first kappa shape index (κ1) is 17.8. The maximum atomic E-state index is 11.9. The lowest BCUT2D eigenvalue weighted by molar-refractivity contribution is 0.117. The van der Waals surface area contributed by atoms with Crippen molar-refractivity contribution in [3.8, 4) is 0 Å². The van der Waals surface area contributed by atoms with Crippen LogP contribution in [0.1, 0.15) is 20.3 Å². The Kier molecular flexibility index (Phi) is 7.39. The van der Waals surface area contributed by atoms with Crippen molar-refractivity contribution in [3.05, 3.63) is 0 Å². The summed E-state index contributed by atoms with van der Waals surface area (Å²) in [5.41, 5.74) is 0. The minimum Gasteiger partial charge on any atom is -0.314 e. The Morgan fingerprint density at radius 2 is 1.95 bits per heavy atom. The SMILES string of the molecule is CC(C)NCCCS(=O)(=O)NCC1CN(C)CCN1C. The summed E-state index contributed by atoms with van der Waals surface area (Å²) in [6.07, 6.45) is 0.647. The first-order valence-corrected chi connectivity index (χ1v) is 9.05. The van der Waals surface area contributed by atoms with Gasteiger partial charge in [-0.2, -0.15) is 0 Å². The van der Waals surface area contributed by atoms with Gasteiger partial charge in [-0.3, -0.25) is 4.90 Å². The van der Waals surface area contributed by atoms with Crippen molar-refractivity contribution in [3.63, 3.8) is 0 Å². The van der Waals surface area contributed by atoms with E-state index in [2.05, 4.69) is 47.8 Å². The molecule has 1 fully saturated rings. The van der Waals surface area contributed by atoms with E-state index in [1.54, 1.807) is 0 Å². The van der Waals surface area contributed by atoms with Crippen molar-refractivity contribution >= 4 is 10.0 Å². The van der Waals surface area contributed by atoms with Crippen LogP contribution in [-0.4, -0.2) is 82.9 Å². The van der Waals surface area contributed by atoms with E-state index in [0.29, 0.717) is 19.0 Å². The minimum absolute atomic E-state index is 0.193. The molecule has 120 valence electrons. The molecule has 1 saturated heterocycles. The third kappa shape index (κ3) is 6.99. The molecular formula is C13H30N4O2S. The third-order valence-electron chi connectivity index (χ3n) is 3.66. The molecule has 0 aromatic rings. The fraction of sp³-hybridized carbons (Fsp3) is 1.00. The summed E-state index contributed by atoms with van der Waals surface area (Å²) < 4.78 is 26.6. The number of hydrogen-bond donors (Lipinski definition) is 2. The predicted molar refractivity (Wildman–Crippen MR) is 83.5 cm³/mol. The topological polar surface area (TPSA) is 64.7 Å². The Morgan fingerprint density at radius 3 is 2.60 bits per heavy atom. The van der Waals surface area contributed by atoms with Crippen LogP contribution in [0.3, 0.4) is 0 Å². The highest BCUT2D eigenvalue weighted by atomic mass is 32.2. The van der Waals surface area contributed by atoms with Crippen LogP contribution in [0.15, 0.2) is 0 Å². The van der Waals surface area contributed by atoms with Gasteiger partial charge in [-0.15, -0.1) is 0 Å². The molecular weight excluding hydrogens is 276 g/mol. The summed E-state index contributed by atoms with van der Waals surface area (Å²) in [6.45, 7) is 8.30. The average molecular weight is 306 g/mol. The fourth-order valence-electron chi connectivity index (χ4n) is 2.27. The number of piperazine rings is 1. The lowest BCUT2D eigenvalue weighted by Gasteiger charge is -2.37. The molecule has 0 spiro atoms. The van der Waals surface area contributed by atoms with Crippen molar-refractivity contribution in [2.75, 3.05) is 52.6 Å². The van der Waals surface area contributed by atoms with Gasteiger partial charge in [0.2, 0.25) is 10.0 Å². The Bertz CT molecular complexity index is 373. The Labute approximate surface area is 123 Å². The Balaban J connectivity index is 2.28. The van der Waals surface area contributed by atoms with E-state index in [4.69, 9.17) is 0 Å². The molecule has 7 heteroatoms. The van der Waals surface area contributed by atoms with Gasteiger partial charge in [-0.1, -0.05) is 13.8 Å². The molecule has 0 radical (unpaired) electrons. The summed E-state index contributed by atoms with van der Waals surface area (Å²) in [6, 6.07) is 0.661. The van der Waals surface area contributed by atoms with Gasteiger partial charge in [0, 0.05) is 38.3 Å². The van der Waals surface area contributed by atoms with Gasteiger partial charge in [-0.05, 0) is 27.1 Å². The van der Waals surface area contributed by atoms with Crippen LogP contribution in [0.2, 0.25) is 0 Å². The first-order valence-electron chi connectivity index (χ1n) is 7.39. The standard InChI is InChI=1S/C13H30N4O2S/c1-12(2)14-6-5-9-20(18,19)15-10-13-11-16(3)7-8-17(13)4/h12-15H,5-11H2,1-4H3. The number of nitrogens with one attached hydrogen (secondary N) is 2. The summed E-state index contributed by atoms with van der Waals surface area (Å²) in [7, 11) is 0.975. The number of rotatable bonds is 8. The van der Waals surface area contributed by atoms with Crippen LogP contribution in [-0.2, 0) is 10.0 Å². The van der Waals surface area contributed by atoms with Gasteiger partial charge in [0.1, 0.15) is 0 Å². The fourth-order valence-corrected chi connectivity index (χ4v) is 3.39. The maximum Gasteiger partial charge on any atom is 0.211 e. The normalized spacial score (nSPS) is 22.6. The molecule has 1 heterocycles. The number of hydrogen-bond acceptors (Lipinski definition) is 5. The second-order valence-electron chi connectivity index (χ2n) is 6.03. The van der Waals surface area contributed by atoms with Gasteiger partial charge in [0.15, 0.2) is 0 Å². The third-order valence-corrected chi connectivity index (χ3v) is 5.09. The van der Waals surface area contributed by atoms with E-state index in [1.165, 1.54) is 0 Å². The van der Waals surface area contributed by atoms with Crippen LogP contribution < -0.4 is 10.0 Å². The van der Waals surface area contributed by atoms with Gasteiger partial charge in [0.05, 0.1) is 5.75 Å². The Hall–Kier alpha value is -0.210. The maximum absolute atomic E-state index is 11.9. The van der Waals surface area contributed by atoms with E-state index in [9.17, 15) is 8.42 Å². The highest BCUT2D eigenvalue weighted by Crippen LogP contribution is 2.05. The Morgan fingerprint density at radius 1 is 1.25 bits per heavy atom. The smallest absolute Gasteiger partial charge is 0.211 e. The second-order valence-corrected chi connectivity index (χ2v) is 7.95. The van der Waals surface area contributed by atoms with Crippen LogP contribution in [0.5, 0.6) is 0 Å². The highest BCUT2D eigenvalue weighted by molar-refractivity contribution is 7.89. The van der Waals surface area contributed by atoms with E-state index in [-0.39, 0.29) is 11.8 Å². The quantitative estimate of drug-likeness (QED) is 0.594. The molecule has 6 nitrogen and oxygen atoms in total. The molecule has 0 bridgehead atoms. The number of likely N-dealkylation sites (N-methyl/N-ethyl adjacent to an activating group) is 2. The number of nitrogens with zero attached hydrogens (tertiary/aromatic N) is 2. The summed E-state index contributed by atoms with van der Waals surface area (Å²) in [5, 5.41) is 3.23. The molecule has 1 rings (SSSR count). The monoisotopic (exact) mass is 306 g/mol. The lowest BCUT2D eigenvalue weighted by Crippen LogP contribution is -2.54. The van der Waals surface area contributed by atoms with Crippen molar-refractivity contribution < 1.29 is 8.42 Å². The molecule has 0 aromatic heterocycles. The minimum atomic E-state index is -3.15. The zero-order valence-electron chi connectivity index (χ0n) is 13.2. The lowest BCUT2D eigenvalue weighted by atomic mass is 10.2. The molecule has 1 aliphatic heterocycles. The van der Waals surface area contributed by atoms with E-state index in [1.807, 2.05) is 0 Å². The molecule has 20 heavy (non-hydrogen) atoms.